The number of carbonyl (C=O) groups excluding carboxylic acids is 2. The molecule has 0 aliphatic carbocycles. The number of amides is 1. The number of esters is 1. The van der Waals surface area contributed by atoms with E-state index in [0.717, 1.165) is 30.3 Å². The second-order valence-electron chi connectivity index (χ2n) is 5.42. The first-order valence-electron chi connectivity index (χ1n) is 7.71. The molecule has 2 rings (SSSR count). The van der Waals surface area contributed by atoms with Crippen LogP contribution < -0.4 is 5.32 Å². The predicted molar refractivity (Wildman–Crippen MR) is 93.2 cm³/mol. The first-order chi connectivity index (χ1) is 13.1. The predicted octanol–water partition coefficient (Wildman–Crippen LogP) is 3.81. The molecule has 0 aromatic heterocycles. The zero-order valence-electron chi connectivity index (χ0n) is 14.1. The molecule has 10 heteroatoms. The summed E-state index contributed by atoms with van der Waals surface area (Å²) in [5.41, 5.74) is -0.504. The van der Waals surface area contributed by atoms with Gasteiger partial charge in [-0.3, -0.25) is 14.9 Å². The lowest BCUT2D eigenvalue weighted by Gasteiger charge is -2.08. The van der Waals surface area contributed by atoms with Gasteiger partial charge in [-0.25, -0.2) is 4.79 Å². The lowest BCUT2D eigenvalue weighted by Crippen LogP contribution is -2.20. The van der Waals surface area contributed by atoms with E-state index in [-0.39, 0.29) is 11.4 Å². The Labute approximate surface area is 156 Å². The van der Waals surface area contributed by atoms with Crippen molar-refractivity contribution in [1.82, 2.24) is 0 Å². The number of hydrogen-bond acceptors (Lipinski definition) is 5. The molecular weight excluding hydrogens is 381 g/mol. The number of nitrogens with zero attached hydrogens (tertiary/aromatic N) is 1. The van der Waals surface area contributed by atoms with Crippen LogP contribution in [-0.2, 0) is 20.5 Å². The van der Waals surface area contributed by atoms with Crippen LogP contribution in [0.3, 0.4) is 0 Å². The van der Waals surface area contributed by atoms with E-state index >= 15 is 0 Å². The van der Waals surface area contributed by atoms with Crippen molar-refractivity contribution >= 4 is 29.3 Å². The average Bonchev–Trinajstić information content (AvgIpc) is 2.64. The van der Waals surface area contributed by atoms with Gasteiger partial charge in [-0.2, -0.15) is 13.2 Å². The van der Waals surface area contributed by atoms with Crippen LogP contribution in [0.1, 0.15) is 11.1 Å². The molecule has 2 aromatic carbocycles. The highest BCUT2D eigenvalue weighted by atomic mass is 19.4. The van der Waals surface area contributed by atoms with Crippen molar-refractivity contribution in [1.29, 1.82) is 0 Å². The van der Waals surface area contributed by atoms with Crippen LogP contribution in [0, 0.1) is 10.1 Å². The Morgan fingerprint density at radius 1 is 1.14 bits per heavy atom. The fourth-order valence-corrected chi connectivity index (χ4v) is 2.03. The van der Waals surface area contributed by atoms with Crippen molar-refractivity contribution in [2.45, 2.75) is 6.18 Å². The highest BCUT2D eigenvalue weighted by Crippen LogP contribution is 2.29. The second kappa shape index (κ2) is 8.80. The summed E-state index contributed by atoms with van der Waals surface area (Å²) < 4.78 is 42.1. The molecule has 0 spiro atoms. The van der Waals surface area contributed by atoms with Gasteiger partial charge in [-0.05, 0) is 35.9 Å². The summed E-state index contributed by atoms with van der Waals surface area (Å²) in [6, 6.07) is 9.29. The number of hydrogen-bond donors (Lipinski definition) is 1. The summed E-state index contributed by atoms with van der Waals surface area (Å²) >= 11 is 0. The van der Waals surface area contributed by atoms with Crippen molar-refractivity contribution in [2.24, 2.45) is 0 Å². The Bertz CT molecular complexity index is 908. The molecule has 0 heterocycles. The lowest BCUT2D eigenvalue weighted by atomic mass is 10.2. The van der Waals surface area contributed by atoms with Gasteiger partial charge in [0, 0.05) is 23.9 Å². The van der Waals surface area contributed by atoms with Gasteiger partial charge in [0.05, 0.1) is 10.5 Å². The first-order valence-corrected chi connectivity index (χ1v) is 7.71. The quantitative estimate of drug-likeness (QED) is 0.348. The maximum Gasteiger partial charge on any atom is 0.416 e. The van der Waals surface area contributed by atoms with Gasteiger partial charge in [0.1, 0.15) is 0 Å². The molecule has 0 saturated heterocycles. The number of nitro benzene ring substituents is 1. The number of halogens is 3. The summed E-state index contributed by atoms with van der Waals surface area (Å²) in [6.07, 6.45) is -2.21. The van der Waals surface area contributed by atoms with Gasteiger partial charge in [0.2, 0.25) is 0 Å². The monoisotopic (exact) mass is 394 g/mol. The number of carbonyl (C=O) groups is 2. The van der Waals surface area contributed by atoms with Gasteiger partial charge < -0.3 is 10.1 Å². The summed E-state index contributed by atoms with van der Waals surface area (Å²) in [5.74, 6) is -1.61. The Hall–Kier alpha value is -3.69. The normalized spacial score (nSPS) is 11.2. The average molecular weight is 394 g/mol. The maximum absolute atomic E-state index is 12.5. The third-order valence-corrected chi connectivity index (χ3v) is 3.33. The number of nitro groups is 1. The third kappa shape index (κ3) is 6.24. The maximum atomic E-state index is 12.5. The highest BCUT2D eigenvalue weighted by molar-refractivity contribution is 5.94. The van der Waals surface area contributed by atoms with E-state index in [0.29, 0.717) is 5.56 Å². The topological polar surface area (TPSA) is 98.5 Å². The molecule has 0 aliphatic heterocycles. The molecule has 0 fully saturated rings. The molecule has 7 nitrogen and oxygen atoms in total. The second-order valence-corrected chi connectivity index (χ2v) is 5.42. The van der Waals surface area contributed by atoms with Crippen molar-refractivity contribution in [3.05, 3.63) is 75.8 Å². The van der Waals surface area contributed by atoms with Gasteiger partial charge in [0.15, 0.2) is 6.61 Å². The van der Waals surface area contributed by atoms with Gasteiger partial charge in [0.25, 0.3) is 11.6 Å². The fraction of sp³-hybridized carbons (Fsp3) is 0.111. The fourth-order valence-electron chi connectivity index (χ4n) is 2.03. The molecule has 1 amide bonds. The summed E-state index contributed by atoms with van der Waals surface area (Å²) in [6.45, 7) is -0.654. The molecule has 1 N–H and O–H groups in total. The first kappa shape index (κ1) is 20.6. The van der Waals surface area contributed by atoms with Crippen LogP contribution in [0.25, 0.3) is 6.08 Å². The van der Waals surface area contributed by atoms with Crippen molar-refractivity contribution in [3.63, 3.8) is 0 Å². The Kier molecular flexibility index (Phi) is 6.48. The molecule has 0 radical (unpaired) electrons. The molecule has 0 unspecified atom stereocenters. The largest absolute Gasteiger partial charge is 0.452 e. The van der Waals surface area contributed by atoms with Gasteiger partial charge in [-0.15, -0.1) is 0 Å². The SMILES string of the molecule is O=C(COC(=O)/C=C/c1cccc([N+](=O)[O-])c1)Nc1ccc(C(F)(F)F)cc1. The molecule has 0 aliphatic rings. The number of rotatable bonds is 6. The summed E-state index contributed by atoms with van der Waals surface area (Å²) in [4.78, 5) is 33.4. The van der Waals surface area contributed by atoms with Crippen LogP contribution in [0.4, 0.5) is 24.5 Å². The third-order valence-electron chi connectivity index (χ3n) is 3.33. The molecule has 0 atom stereocenters. The molecule has 28 heavy (non-hydrogen) atoms. The lowest BCUT2D eigenvalue weighted by molar-refractivity contribution is -0.384. The van der Waals surface area contributed by atoms with E-state index in [1.165, 1.54) is 30.3 Å². The van der Waals surface area contributed by atoms with E-state index in [1.807, 2.05) is 0 Å². The standard InChI is InChI=1S/C18H13F3N2O5/c19-18(20,21)13-5-7-14(8-6-13)22-16(24)11-28-17(25)9-4-12-2-1-3-15(10-12)23(26)27/h1-10H,11H2,(H,22,24)/b9-4+. The number of nitrogens with one attached hydrogen (secondary N) is 1. The Morgan fingerprint density at radius 3 is 2.43 bits per heavy atom. The van der Waals surface area contributed by atoms with E-state index in [2.05, 4.69) is 5.32 Å². The van der Waals surface area contributed by atoms with Crippen molar-refractivity contribution in [2.75, 3.05) is 11.9 Å². The van der Waals surface area contributed by atoms with E-state index in [1.54, 1.807) is 0 Å². The van der Waals surface area contributed by atoms with E-state index < -0.39 is 35.1 Å². The van der Waals surface area contributed by atoms with E-state index in [4.69, 9.17) is 4.74 Å². The Balaban J connectivity index is 1.84. The van der Waals surface area contributed by atoms with Crippen LogP contribution in [0.5, 0.6) is 0 Å². The molecule has 0 saturated carbocycles. The Morgan fingerprint density at radius 2 is 1.82 bits per heavy atom. The number of ether oxygens (including phenoxy) is 1. The zero-order chi connectivity index (χ0) is 20.7. The van der Waals surface area contributed by atoms with Gasteiger partial charge >= 0.3 is 12.1 Å². The van der Waals surface area contributed by atoms with Crippen molar-refractivity contribution in [3.8, 4) is 0 Å². The van der Waals surface area contributed by atoms with E-state index in [9.17, 15) is 32.9 Å². The smallest absolute Gasteiger partial charge is 0.416 e. The molecule has 0 bridgehead atoms. The molecule has 2 aromatic rings. The van der Waals surface area contributed by atoms with Gasteiger partial charge in [-0.1, -0.05) is 12.1 Å². The van der Waals surface area contributed by atoms with Crippen LogP contribution in [-0.4, -0.2) is 23.4 Å². The molecular formula is C18H13F3N2O5. The summed E-state index contributed by atoms with van der Waals surface area (Å²) in [7, 11) is 0. The molecule has 146 valence electrons. The van der Waals surface area contributed by atoms with Crippen LogP contribution >= 0.6 is 0 Å². The van der Waals surface area contributed by atoms with Crippen LogP contribution in [0.15, 0.2) is 54.6 Å². The van der Waals surface area contributed by atoms with Crippen LogP contribution in [0.2, 0.25) is 0 Å². The number of non-ortho nitro benzene ring substituents is 1. The highest BCUT2D eigenvalue weighted by Gasteiger charge is 2.29. The van der Waals surface area contributed by atoms with Crippen molar-refractivity contribution < 1.29 is 32.4 Å². The minimum Gasteiger partial charge on any atom is -0.452 e. The summed E-state index contributed by atoms with van der Waals surface area (Å²) in [5, 5.41) is 13.0. The number of anilines is 1. The minimum absolute atomic E-state index is 0.112. The minimum atomic E-state index is -4.48. The number of alkyl halides is 3. The number of benzene rings is 2. The zero-order valence-corrected chi connectivity index (χ0v) is 14.1.